The number of hydrogen-bond acceptors (Lipinski definition) is 9. The van der Waals surface area contributed by atoms with Crippen molar-refractivity contribution in [2.75, 3.05) is 26.3 Å². The fraction of sp³-hybridized carbons (Fsp3) is 0.885. The third kappa shape index (κ3) is 27.4. The van der Waals surface area contributed by atoms with Gasteiger partial charge in [-0.1, -0.05) is 156 Å². The zero-order chi connectivity index (χ0) is 45.2. The van der Waals surface area contributed by atoms with Gasteiger partial charge in [-0.2, -0.15) is 0 Å². The molecule has 356 valence electrons. The topological polar surface area (TPSA) is 108 Å². The number of nitrogens with zero attached hydrogens (tertiary/aromatic N) is 1. The predicted octanol–water partition coefficient (Wildman–Crippen LogP) is 13.6. The summed E-state index contributed by atoms with van der Waals surface area (Å²) in [6, 6.07) is -0.486. The molecule has 9 nitrogen and oxygen atoms in total. The van der Waals surface area contributed by atoms with Gasteiger partial charge < -0.3 is 18.9 Å². The molecule has 1 heterocycles. The van der Waals surface area contributed by atoms with Crippen molar-refractivity contribution in [2.24, 2.45) is 10.8 Å². The fourth-order valence-corrected chi connectivity index (χ4v) is 8.33. The SMILES string of the molecule is C=CC(=O)O[C@H]1C[C@@H](C(=O)OCCCCCCC(C)(C)C(=O)OC(CCCCCC)CCCCCCCC)N(CCCCC(C)(C)C(=O)OCCCCCCCCCCC)C1. The largest absolute Gasteiger partial charge is 0.465 e. The molecule has 1 aliphatic heterocycles. The van der Waals surface area contributed by atoms with Gasteiger partial charge in [-0.3, -0.25) is 19.3 Å². The van der Waals surface area contributed by atoms with Gasteiger partial charge in [0.05, 0.1) is 24.0 Å². The van der Waals surface area contributed by atoms with Crippen LogP contribution in [0.5, 0.6) is 0 Å². The van der Waals surface area contributed by atoms with Crippen molar-refractivity contribution in [3.63, 3.8) is 0 Å². The second kappa shape index (κ2) is 35.0. The van der Waals surface area contributed by atoms with Crippen LogP contribution in [0.3, 0.4) is 0 Å². The van der Waals surface area contributed by atoms with E-state index in [1.54, 1.807) is 0 Å². The molecule has 1 saturated heterocycles. The Morgan fingerprint density at radius 3 is 1.57 bits per heavy atom. The molecule has 0 aliphatic carbocycles. The molecule has 1 fully saturated rings. The van der Waals surface area contributed by atoms with E-state index in [-0.39, 0.29) is 24.0 Å². The lowest BCUT2D eigenvalue weighted by atomic mass is 9.86. The Hall–Kier alpha value is -2.42. The molecular formula is C52H95NO8. The van der Waals surface area contributed by atoms with Gasteiger partial charge >= 0.3 is 23.9 Å². The van der Waals surface area contributed by atoms with Crippen molar-refractivity contribution in [1.82, 2.24) is 4.90 Å². The average Bonchev–Trinajstić information content (AvgIpc) is 3.64. The highest BCUT2D eigenvalue weighted by Gasteiger charge is 2.39. The molecule has 0 aromatic rings. The molecule has 0 radical (unpaired) electrons. The van der Waals surface area contributed by atoms with Gasteiger partial charge in [0.1, 0.15) is 18.2 Å². The molecule has 1 aliphatic rings. The van der Waals surface area contributed by atoms with E-state index < -0.39 is 28.9 Å². The molecule has 0 saturated carbocycles. The fourth-order valence-electron chi connectivity index (χ4n) is 8.33. The van der Waals surface area contributed by atoms with E-state index in [4.69, 9.17) is 18.9 Å². The molecule has 0 amide bonds. The zero-order valence-electron chi connectivity index (χ0n) is 40.8. The summed E-state index contributed by atoms with van der Waals surface area (Å²) in [6.07, 6.45) is 32.9. The number of carbonyl (C=O) groups is 4. The van der Waals surface area contributed by atoms with E-state index >= 15 is 0 Å². The van der Waals surface area contributed by atoms with E-state index in [0.717, 1.165) is 89.5 Å². The lowest BCUT2D eigenvalue weighted by Gasteiger charge is -2.27. The van der Waals surface area contributed by atoms with Gasteiger partial charge in [-0.25, -0.2) is 4.79 Å². The molecule has 9 heteroatoms. The maximum atomic E-state index is 13.3. The van der Waals surface area contributed by atoms with Crippen LogP contribution in [-0.4, -0.2) is 73.3 Å². The summed E-state index contributed by atoms with van der Waals surface area (Å²) in [5.74, 6) is -0.995. The molecule has 1 unspecified atom stereocenters. The third-order valence-corrected chi connectivity index (χ3v) is 12.6. The summed E-state index contributed by atoms with van der Waals surface area (Å²) in [5.41, 5.74) is -1.11. The smallest absolute Gasteiger partial charge is 0.330 e. The average molecular weight is 862 g/mol. The van der Waals surface area contributed by atoms with Gasteiger partial charge in [0.25, 0.3) is 0 Å². The highest BCUT2D eigenvalue weighted by Crippen LogP contribution is 2.30. The van der Waals surface area contributed by atoms with E-state index in [0.29, 0.717) is 39.1 Å². The number of carbonyl (C=O) groups excluding carboxylic acids is 4. The maximum absolute atomic E-state index is 13.3. The minimum absolute atomic E-state index is 0.0199. The molecule has 0 bridgehead atoms. The van der Waals surface area contributed by atoms with Crippen LogP contribution in [0.4, 0.5) is 0 Å². The Bertz CT molecular complexity index is 1170. The molecule has 0 aromatic carbocycles. The Morgan fingerprint density at radius 2 is 1.03 bits per heavy atom. The number of ether oxygens (including phenoxy) is 4. The second-order valence-corrected chi connectivity index (χ2v) is 19.5. The Morgan fingerprint density at radius 1 is 0.590 bits per heavy atom. The van der Waals surface area contributed by atoms with Crippen LogP contribution in [0.25, 0.3) is 0 Å². The van der Waals surface area contributed by atoms with Crippen LogP contribution < -0.4 is 0 Å². The van der Waals surface area contributed by atoms with E-state index in [2.05, 4.69) is 32.3 Å². The highest BCUT2D eigenvalue weighted by atomic mass is 16.6. The van der Waals surface area contributed by atoms with Gasteiger partial charge in [-0.05, 0) is 92.0 Å². The first kappa shape index (κ1) is 56.6. The van der Waals surface area contributed by atoms with Crippen molar-refractivity contribution in [3.8, 4) is 0 Å². The van der Waals surface area contributed by atoms with E-state index in [1.807, 2.05) is 27.7 Å². The lowest BCUT2D eigenvalue weighted by molar-refractivity contribution is -0.161. The standard InChI is InChI=1S/C52H95NO8/c1-9-13-16-19-21-22-23-26-34-41-59-49(56)51(5,6)38-31-32-39-53-43-45(60-47(54)12-4)42-46(53)48(55)58-40-33-27-25-30-37-52(7,8)50(57)61-44(35-28-18-15-11-3)36-29-24-20-17-14-10-2/h12,44-46H,4,9-11,13-43H2,1-3,5-8H3/t44?,45-,46-/m0/s1. The van der Waals surface area contributed by atoms with E-state index in [1.165, 1.54) is 96.3 Å². The van der Waals surface area contributed by atoms with Crippen LogP contribution in [0.2, 0.25) is 0 Å². The monoisotopic (exact) mass is 862 g/mol. The van der Waals surface area contributed by atoms with Gasteiger partial charge in [-0.15, -0.1) is 0 Å². The first-order valence-corrected chi connectivity index (χ1v) is 25.4. The molecule has 0 aromatic heterocycles. The summed E-state index contributed by atoms with van der Waals surface area (Å²) in [4.78, 5) is 53.6. The minimum atomic E-state index is -0.576. The molecule has 3 atom stereocenters. The van der Waals surface area contributed by atoms with Crippen molar-refractivity contribution in [3.05, 3.63) is 12.7 Å². The molecule has 0 N–H and O–H groups in total. The van der Waals surface area contributed by atoms with Crippen molar-refractivity contribution in [2.45, 2.75) is 259 Å². The maximum Gasteiger partial charge on any atom is 0.330 e. The quantitative estimate of drug-likeness (QED) is 0.0257. The van der Waals surface area contributed by atoms with Crippen LogP contribution >= 0.6 is 0 Å². The van der Waals surface area contributed by atoms with Crippen LogP contribution in [0, 0.1) is 10.8 Å². The normalized spacial score (nSPS) is 16.3. The summed E-state index contributed by atoms with van der Waals surface area (Å²) in [7, 11) is 0. The highest BCUT2D eigenvalue weighted by molar-refractivity contribution is 5.81. The van der Waals surface area contributed by atoms with Crippen molar-refractivity contribution >= 4 is 23.9 Å². The zero-order valence-corrected chi connectivity index (χ0v) is 40.8. The van der Waals surface area contributed by atoms with Crippen LogP contribution in [0.1, 0.15) is 241 Å². The van der Waals surface area contributed by atoms with Crippen molar-refractivity contribution < 1.29 is 38.1 Å². The second-order valence-electron chi connectivity index (χ2n) is 19.5. The van der Waals surface area contributed by atoms with Gasteiger partial charge in [0.15, 0.2) is 0 Å². The van der Waals surface area contributed by atoms with Crippen LogP contribution in [-0.2, 0) is 38.1 Å². The molecule has 0 spiro atoms. The van der Waals surface area contributed by atoms with Gasteiger partial charge in [0, 0.05) is 19.0 Å². The summed E-state index contributed by atoms with van der Waals surface area (Å²) < 4.78 is 23.2. The number of likely N-dealkylation sites (tertiary alicyclic amines) is 1. The molecule has 1 rings (SSSR count). The third-order valence-electron chi connectivity index (χ3n) is 12.6. The first-order valence-electron chi connectivity index (χ1n) is 25.4. The lowest BCUT2D eigenvalue weighted by Crippen LogP contribution is -2.38. The summed E-state index contributed by atoms with van der Waals surface area (Å²) in [6.45, 7) is 20.1. The van der Waals surface area contributed by atoms with Gasteiger partial charge in [0.2, 0.25) is 0 Å². The first-order chi connectivity index (χ1) is 29.3. The Balaban J connectivity index is 2.47. The molecular weight excluding hydrogens is 767 g/mol. The van der Waals surface area contributed by atoms with Crippen molar-refractivity contribution in [1.29, 1.82) is 0 Å². The van der Waals surface area contributed by atoms with E-state index in [9.17, 15) is 19.2 Å². The molecule has 61 heavy (non-hydrogen) atoms. The predicted molar refractivity (Wildman–Crippen MR) is 250 cm³/mol. The number of hydrogen-bond donors (Lipinski definition) is 0. The number of unbranched alkanes of at least 4 members (excludes halogenated alkanes) is 20. The Labute approximate surface area is 375 Å². The number of esters is 4. The number of rotatable bonds is 40. The van der Waals surface area contributed by atoms with Crippen LogP contribution in [0.15, 0.2) is 12.7 Å². The Kier molecular flexibility index (Phi) is 32.5. The minimum Gasteiger partial charge on any atom is -0.465 e. The summed E-state index contributed by atoms with van der Waals surface area (Å²) in [5, 5.41) is 0. The summed E-state index contributed by atoms with van der Waals surface area (Å²) >= 11 is 0.